The summed E-state index contributed by atoms with van der Waals surface area (Å²) in [5.74, 6) is 1.41. The van der Waals surface area contributed by atoms with E-state index in [0.29, 0.717) is 30.5 Å². The largest absolute Gasteiger partial charge is 0.490 e. The summed E-state index contributed by atoms with van der Waals surface area (Å²) in [6.07, 6.45) is 3.97. The molecule has 1 aromatic rings. The van der Waals surface area contributed by atoms with Crippen LogP contribution in [0.1, 0.15) is 49.9 Å². The number of carbonyl (C=O) groups excluding carboxylic acids is 2. The number of likely N-dealkylation sites (tertiary alicyclic amines) is 1. The van der Waals surface area contributed by atoms with Crippen LogP contribution >= 0.6 is 0 Å². The number of piperidine rings is 1. The summed E-state index contributed by atoms with van der Waals surface area (Å²) < 4.78 is 6.07. The van der Waals surface area contributed by atoms with Crippen LogP contribution in [0, 0.1) is 5.92 Å². The Morgan fingerprint density at radius 2 is 1.78 bits per heavy atom. The molecule has 0 aromatic heterocycles. The summed E-state index contributed by atoms with van der Waals surface area (Å²) in [6, 6.07) is 7.38. The first-order valence-electron chi connectivity index (χ1n) is 9.97. The molecular weight excluding hydrogens is 340 g/mol. The molecule has 0 unspecified atom stereocenters. The Balaban J connectivity index is 1.51. The molecule has 1 aliphatic heterocycles. The number of hydrogen-bond donors (Lipinski definition) is 0. The van der Waals surface area contributed by atoms with Crippen molar-refractivity contribution < 1.29 is 14.3 Å². The molecular formula is C22H30N2O3. The van der Waals surface area contributed by atoms with Crippen molar-refractivity contribution in [2.75, 3.05) is 26.2 Å². The van der Waals surface area contributed by atoms with Gasteiger partial charge < -0.3 is 14.5 Å². The zero-order valence-corrected chi connectivity index (χ0v) is 16.4. The first-order chi connectivity index (χ1) is 13.0. The molecule has 146 valence electrons. The first-order valence-corrected chi connectivity index (χ1v) is 9.97. The number of ether oxygens (including phenoxy) is 1. The van der Waals surface area contributed by atoms with Gasteiger partial charge in [-0.3, -0.25) is 9.59 Å². The molecule has 2 amide bonds. The van der Waals surface area contributed by atoms with Gasteiger partial charge in [-0.15, -0.1) is 0 Å². The van der Waals surface area contributed by atoms with E-state index < -0.39 is 0 Å². The van der Waals surface area contributed by atoms with Crippen LogP contribution in [0.3, 0.4) is 0 Å². The Morgan fingerprint density at radius 1 is 1.15 bits per heavy atom. The maximum atomic E-state index is 12.6. The number of carbonyl (C=O) groups is 2. The molecule has 0 bridgehead atoms. The molecule has 2 aliphatic rings. The standard InChI is InChI=1S/C22H30N2O3/c1-4-23(15-16(2)3)21(25)18-7-9-19(10-8-18)27-20-11-13-24(14-12-20)22(26)17-5-6-17/h7-10,17,20H,2,4-6,11-15H2,1,3H3. The summed E-state index contributed by atoms with van der Waals surface area (Å²) in [5.41, 5.74) is 1.63. The Morgan fingerprint density at radius 3 is 2.30 bits per heavy atom. The number of nitrogens with zero attached hydrogens (tertiary/aromatic N) is 2. The zero-order valence-electron chi connectivity index (χ0n) is 16.4. The SMILES string of the molecule is C=C(C)CN(CC)C(=O)c1ccc(OC2CCN(C(=O)C3CC3)CC2)cc1. The van der Waals surface area contributed by atoms with Crippen LogP contribution in [0.15, 0.2) is 36.4 Å². The molecule has 0 N–H and O–H groups in total. The maximum absolute atomic E-state index is 12.6. The lowest BCUT2D eigenvalue weighted by molar-refractivity contribution is -0.134. The Bertz CT molecular complexity index is 686. The van der Waals surface area contributed by atoms with E-state index in [4.69, 9.17) is 4.74 Å². The lowest BCUT2D eigenvalue weighted by atomic mass is 10.1. The van der Waals surface area contributed by atoms with E-state index in [0.717, 1.165) is 50.1 Å². The average molecular weight is 370 g/mol. The van der Waals surface area contributed by atoms with E-state index in [1.54, 1.807) is 4.90 Å². The van der Waals surface area contributed by atoms with Crippen molar-refractivity contribution in [1.29, 1.82) is 0 Å². The van der Waals surface area contributed by atoms with Gasteiger partial charge in [0.05, 0.1) is 0 Å². The normalized spacial score (nSPS) is 17.5. The van der Waals surface area contributed by atoms with Gasteiger partial charge >= 0.3 is 0 Å². The summed E-state index contributed by atoms with van der Waals surface area (Å²) in [7, 11) is 0. The first kappa shape index (κ1) is 19.5. The average Bonchev–Trinajstić information content (AvgIpc) is 3.51. The minimum atomic E-state index is 0.0129. The van der Waals surface area contributed by atoms with Crippen molar-refractivity contribution in [3.8, 4) is 5.75 Å². The van der Waals surface area contributed by atoms with Gasteiger partial charge in [0.2, 0.25) is 5.91 Å². The van der Waals surface area contributed by atoms with Crippen LogP contribution in [0.2, 0.25) is 0 Å². The number of likely N-dealkylation sites (N-methyl/N-ethyl adjacent to an activating group) is 1. The maximum Gasteiger partial charge on any atom is 0.254 e. The summed E-state index contributed by atoms with van der Waals surface area (Å²) in [4.78, 5) is 28.5. The Kier molecular flexibility index (Phi) is 6.19. The minimum absolute atomic E-state index is 0.0129. The van der Waals surface area contributed by atoms with Crippen molar-refractivity contribution in [1.82, 2.24) is 9.80 Å². The highest BCUT2D eigenvalue weighted by Crippen LogP contribution is 2.32. The van der Waals surface area contributed by atoms with Crippen LogP contribution in [0.25, 0.3) is 0 Å². The molecule has 5 heteroatoms. The van der Waals surface area contributed by atoms with Gasteiger partial charge in [-0.1, -0.05) is 12.2 Å². The molecule has 0 spiro atoms. The summed E-state index contributed by atoms with van der Waals surface area (Å²) >= 11 is 0. The van der Waals surface area contributed by atoms with Gasteiger partial charge in [-0.25, -0.2) is 0 Å². The molecule has 1 aromatic carbocycles. The highest BCUT2D eigenvalue weighted by Gasteiger charge is 2.35. The van der Waals surface area contributed by atoms with Crippen LogP contribution in [0.4, 0.5) is 0 Å². The van der Waals surface area contributed by atoms with Gasteiger partial charge in [0.25, 0.3) is 5.91 Å². The molecule has 5 nitrogen and oxygen atoms in total. The van der Waals surface area contributed by atoms with Gasteiger partial charge in [0, 0.05) is 50.5 Å². The van der Waals surface area contributed by atoms with E-state index in [9.17, 15) is 9.59 Å². The quantitative estimate of drug-likeness (QED) is 0.690. The smallest absolute Gasteiger partial charge is 0.254 e. The van der Waals surface area contributed by atoms with E-state index in [2.05, 4.69) is 6.58 Å². The predicted molar refractivity (Wildman–Crippen MR) is 106 cm³/mol. The fraction of sp³-hybridized carbons (Fsp3) is 0.545. The second kappa shape index (κ2) is 8.59. The number of amides is 2. The summed E-state index contributed by atoms with van der Waals surface area (Å²) in [6.45, 7) is 10.6. The monoisotopic (exact) mass is 370 g/mol. The summed E-state index contributed by atoms with van der Waals surface area (Å²) in [5, 5.41) is 0. The van der Waals surface area contributed by atoms with Crippen molar-refractivity contribution in [3.63, 3.8) is 0 Å². The van der Waals surface area contributed by atoms with Crippen molar-refractivity contribution in [3.05, 3.63) is 42.0 Å². The fourth-order valence-electron chi connectivity index (χ4n) is 3.49. The molecule has 3 rings (SSSR count). The van der Waals surface area contributed by atoms with Gasteiger partial charge in [-0.05, 0) is 51.0 Å². The molecule has 1 saturated heterocycles. The number of benzene rings is 1. The van der Waals surface area contributed by atoms with E-state index in [1.807, 2.05) is 43.0 Å². The third-order valence-electron chi connectivity index (χ3n) is 5.21. The van der Waals surface area contributed by atoms with Gasteiger partial charge in [-0.2, -0.15) is 0 Å². The van der Waals surface area contributed by atoms with Crippen LogP contribution < -0.4 is 4.74 Å². The molecule has 0 atom stereocenters. The van der Waals surface area contributed by atoms with Crippen LogP contribution in [-0.4, -0.2) is 53.9 Å². The van der Waals surface area contributed by atoms with Crippen molar-refractivity contribution in [2.24, 2.45) is 5.92 Å². The molecule has 0 radical (unpaired) electrons. The number of rotatable bonds is 7. The van der Waals surface area contributed by atoms with Crippen LogP contribution in [0.5, 0.6) is 5.75 Å². The van der Waals surface area contributed by atoms with Crippen molar-refractivity contribution >= 4 is 11.8 Å². The van der Waals surface area contributed by atoms with Crippen LogP contribution in [-0.2, 0) is 4.79 Å². The topological polar surface area (TPSA) is 49.9 Å². The lowest BCUT2D eigenvalue weighted by Gasteiger charge is -2.32. The second-order valence-electron chi connectivity index (χ2n) is 7.72. The second-order valence-corrected chi connectivity index (χ2v) is 7.72. The Hall–Kier alpha value is -2.30. The molecule has 1 aliphatic carbocycles. The molecule has 1 saturated carbocycles. The Labute approximate surface area is 162 Å². The number of hydrogen-bond acceptors (Lipinski definition) is 3. The van der Waals surface area contributed by atoms with Gasteiger partial charge in [0.1, 0.15) is 11.9 Å². The zero-order chi connectivity index (χ0) is 19.4. The lowest BCUT2D eigenvalue weighted by Crippen LogP contribution is -2.42. The van der Waals surface area contributed by atoms with Crippen molar-refractivity contribution in [2.45, 2.75) is 45.6 Å². The molecule has 27 heavy (non-hydrogen) atoms. The highest BCUT2D eigenvalue weighted by molar-refractivity contribution is 5.94. The molecule has 2 fully saturated rings. The minimum Gasteiger partial charge on any atom is -0.490 e. The van der Waals surface area contributed by atoms with E-state index in [-0.39, 0.29) is 12.0 Å². The third-order valence-corrected chi connectivity index (χ3v) is 5.21. The molecule has 1 heterocycles. The fourth-order valence-corrected chi connectivity index (χ4v) is 3.49. The van der Waals surface area contributed by atoms with Gasteiger partial charge in [0.15, 0.2) is 0 Å². The van der Waals surface area contributed by atoms with E-state index in [1.165, 1.54) is 0 Å². The predicted octanol–water partition coefficient (Wildman–Crippen LogP) is 3.50. The third kappa shape index (κ3) is 5.12. The van der Waals surface area contributed by atoms with E-state index >= 15 is 0 Å². The highest BCUT2D eigenvalue weighted by atomic mass is 16.5.